The Morgan fingerprint density at radius 2 is 1.96 bits per heavy atom. The van der Waals surface area contributed by atoms with E-state index >= 15 is 0 Å². The van der Waals surface area contributed by atoms with E-state index in [4.69, 9.17) is 0 Å². The van der Waals surface area contributed by atoms with Gasteiger partial charge in [0.1, 0.15) is 11.9 Å². The number of fused-ring (bicyclic) bond motifs is 1. The summed E-state index contributed by atoms with van der Waals surface area (Å²) < 4.78 is 38.8. The van der Waals surface area contributed by atoms with E-state index in [0.717, 1.165) is 0 Å². The maximum atomic E-state index is 12.9. The molecule has 0 radical (unpaired) electrons. The molecule has 8 heteroatoms. The molecule has 0 saturated heterocycles. The van der Waals surface area contributed by atoms with Crippen molar-refractivity contribution < 1.29 is 23.1 Å². The average Bonchev–Trinajstić information content (AvgIpc) is 2.50. The van der Waals surface area contributed by atoms with Crippen LogP contribution in [0.3, 0.4) is 0 Å². The second kappa shape index (κ2) is 6.39. The molecule has 0 fully saturated rings. The van der Waals surface area contributed by atoms with Gasteiger partial charge in [0.15, 0.2) is 0 Å². The fourth-order valence-corrected chi connectivity index (χ4v) is 2.14. The topological polar surface area (TPSA) is 75.1 Å². The molecule has 2 atom stereocenters. The van der Waals surface area contributed by atoms with E-state index < -0.39 is 24.0 Å². The van der Waals surface area contributed by atoms with Crippen LogP contribution in [0.4, 0.5) is 19.0 Å². The summed E-state index contributed by atoms with van der Waals surface area (Å²) in [5.74, 6) is -2.85. The SMILES string of the molecule is CC[C@H](C)[C@@H](Nc1nc(C(F)(F)F)nc2ccccc12)C(=O)O. The highest BCUT2D eigenvalue weighted by atomic mass is 19.4. The van der Waals surface area contributed by atoms with Crippen molar-refractivity contribution in [1.82, 2.24) is 9.97 Å². The largest absolute Gasteiger partial charge is 0.480 e. The number of carboxylic acids is 1. The zero-order chi connectivity index (χ0) is 17.2. The first-order chi connectivity index (χ1) is 10.7. The molecule has 5 nitrogen and oxygen atoms in total. The van der Waals surface area contributed by atoms with Crippen molar-refractivity contribution in [3.8, 4) is 0 Å². The first kappa shape index (κ1) is 17.0. The van der Waals surface area contributed by atoms with Gasteiger partial charge in [-0.2, -0.15) is 13.2 Å². The molecule has 0 saturated carbocycles. The van der Waals surface area contributed by atoms with Crippen LogP contribution in [0, 0.1) is 5.92 Å². The summed E-state index contributed by atoms with van der Waals surface area (Å²) >= 11 is 0. The molecule has 1 aromatic heterocycles. The Kier molecular flexibility index (Phi) is 4.72. The minimum Gasteiger partial charge on any atom is -0.480 e. The number of hydrogen-bond donors (Lipinski definition) is 2. The number of benzene rings is 1. The summed E-state index contributed by atoms with van der Waals surface area (Å²) in [6.07, 6.45) is -4.16. The highest BCUT2D eigenvalue weighted by Crippen LogP contribution is 2.31. The van der Waals surface area contributed by atoms with Crippen molar-refractivity contribution in [2.75, 3.05) is 5.32 Å². The lowest BCUT2D eigenvalue weighted by atomic mass is 9.99. The Morgan fingerprint density at radius 1 is 1.30 bits per heavy atom. The fourth-order valence-electron chi connectivity index (χ4n) is 2.14. The third-order valence-electron chi connectivity index (χ3n) is 3.63. The zero-order valence-electron chi connectivity index (χ0n) is 12.6. The van der Waals surface area contributed by atoms with Gasteiger partial charge in [-0.15, -0.1) is 0 Å². The van der Waals surface area contributed by atoms with Crippen LogP contribution in [-0.4, -0.2) is 27.1 Å². The number of para-hydroxylation sites is 1. The van der Waals surface area contributed by atoms with Gasteiger partial charge in [-0.05, 0) is 18.1 Å². The number of rotatable bonds is 5. The van der Waals surface area contributed by atoms with Crippen molar-refractivity contribution in [2.24, 2.45) is 5.92 Å². The van der Waals surface area contributed by atoms with Gasteiger partial charge in [-0.1, -0.05) is 32.4 Å². The van der Waals surface area contributed by atoms with Crippen LogP contribution in [0.2, 0.25) is 0 Å². The molecule has 124 valence electrons. The molecule has 1 aromatic carbocycles. The Hall–Kier alpha value is -2.38. The summed E-state index contributed by atoms with van der Waals surface area (Å²) in [6, 6.07) is 5.12. The molecule has 0 aliphatic rings. The van der Waals surface area contributed by atoms with Crippen molar-refractivity contribution in [3.05, 3.63) is 30.1 Å². The standard InChI is InChI=1S/C15H16F3N3O2/c1-3-8(2)11(13(22)23)20-12-9-6-4-5-7-10(9)19-14(21-12)15(16,17)18/h4-8,11H,3H2,1-2H3,(H,22,23)(H,19,20,21)/t8-,11+/m0/s1. The normalized spacial score (nSPS) is 14.5. The van der Waals surface area contributed by atoms with Gasteiger partial charge < -0.3 is 10.4 Å². The van der Waals surface area contributed by atoms with E-state index in [0.29, 0.717) is 11.8 Å². The smallest absolute Gasteiger partial charge is 0.451 e. The van der Waals surface area contributed by atoms with Gasteiger partial charge in [-0.25, -0.2) is 14.8 Å². The summed E-state index contributed by atoms with van der Waals surface area (Å²) in [4.78, 5) is 18.4. The molecule has 0 amide bonds. The Labute approximate surface area is 130 Å². The number of anilines is 1. The number of aromatic nitrogens is 2. The van der Waals surface area contributed by atoms with Crippen molar-refractivity contribution in [1.29, 1.82) is 0 Å². The first-order valence-electron chi connectivity index (χ1n) is 7.07. The van der Waals surface area contributed by atoms with Crippen LogP contribution >= 0.6 is 0 Å². The van der Waals surface area contributed by atoms with Crippen LogP contribution in [0.15, 0.2) is 24.3 Å². The molecule has 0 aliphatic carbocycles. The second-order valence-corrected chi connectivity index (χ2v) is 5.26. The van der Waals surface area contributed by atoms with Crippen LogP contribution in [0.5, 0.6) is 0 Å². The van der Waals surface area contributed by atoms with Gasteiger partial charge in [0.25, 0.3) is 0 Å². The summed E-state index contributed by atoms with van der Waals surface area (Å²) in [5, 5.41) is 12.3. The van der Waals surface area contributed by atoms with Crippen LogP contribution in [0.1, 0.15) is 26.1 Å². The molecule has 0 spiro atoms. The molecule has 0 unspecified atom stereocenters. The number of alkyl halides is 3. The van der Waals surface area contributed by atoms with E-state index in [1.54, 1.807) is 25.1 Å². The number of carbonyl (C=O) groups is 1. The van der Waals surface area contributed by atoms with Gasteiger partial charge >= 0.3 is 12.1 Å². The predicted molar refractivity (Wildman–Crippen MR) is 79.0 cm³/mol. The Balaban J connectivity index is 2.55. The first-order valence-corrected chi connectivity index (χ1v) is 7.07. The molecule has 1 heterocycles. The molecule has 2 N–H and O–H groups in total. The van der Waals surface area contributed by atoms with Crippen molar-refractivity contribution in [2.45, 2.75) is 32.5 Å². The summed E-state index contributed by atoms with van der Waals surface area (Å²) in [7, 11) is 0. The van der Waals surface area contributed by atoms with Gasteiger partial charge in [-0.3, -0.25) is 0 Å². The number of carboxylic acid groups (broad SMARTS) is 1. The van der Waals surface area contributed by atoms with E-state index in [-0.39, 0.29) is 17.3 Å². The van der Waals surface area contributed by atoms with E-state index in [1.807, 2.05) is 6.92 Å². The molecule has 2 aromatic rings. The molecule has 0 bridgehead atoms. The molecule has 0 aliphatic heterocycles. The maximum Gasteiger partial charge on any atom is 0.451 e. The number of nitrogens with zero attached hydrogens (tertiary/aromatic N) is 2. The number of aliphatic carboxylic acids is 1. The Morgan fingerprint density at radius 3 is 2.52 bits per heavy atom. The lowest BCUT2D eigenvalue weighted by Crippen LogP contribution is -2.36. The molecule has 23 heavy (non-hydrogen) atoms. The summed E-state index contributed by atoms with van der Waals surface area (Å²) in [5.41, 5.74) is 0.102. The minimum atomic E-state index is -4.71. The third-order valence-corrected chi connectivity index (χ3v) is 3.63. The lowest BCUT2D eigenvalue weighted by molar-refractivity contribution is -0.144. The summed E-state index contributed by atoms with van der Waals surface area (Å²) in [6.45, 7) is 3.52. The minimum absolute atomic E-state index is 0.102. The molecular formula is C15H16F3N3O2. The van der Waals surface area contributed by atoms with E-state index in [9.17, 15) is 23.1 Å². The van der Waals surface area contributed by atoms with Crippen LogP contribution < -0.4 is 5.32 Å². The highest BCUT2D eigenvalue weighted by Gasteiger charge is 2.36. The zero-order valence-corrected chi connectivity index (χ0v) is 12.6. The molecular weight excluding hydrogens is 311 g/mol. The Bertz CT molecular complexity index is 719. The van der Waals surface area contributed by atoms with Gasteiger partial charge in [0.2, 0.25) is 5.82 Å². The third kappa shape index (κ3) is 3.69. The number of nitrogens with one attached hydrogen (secondary N) is 1. The van der Waals surface area contributed by atoms with Gasteiger partial charge in [0.05, 0.1) is 5.52 Å². The van der Waals surface area contributed by atoms with Crippen molar-refractivity contribution in [3.63, 3.8) is 0 Å². The fraction of sp³-hybridized carbons (Fsp3) is 0.400. The number of halogens is 3. The van der Waals surface area contributed by atoms with Crippen molar-refractivity contribution >= 4 is 22.7 Å². The van der Waals surface area contributed by atoms with Crippen LogP contribution in [0.25, 0.3) is 10.9 Å². The van der Waals surface area contributed by atoms with E-state index in [1.165, 1.54) is 6.07 Å². The van der Waals surface area contributed by atoms with Crippen LogP contribution in [-0.2, 0) is 11.0 Å². The highest BCUT2D eigenvalue weighted by molar-refractivity contribution is 5.91. The van der Waals surface area contributed by atoms with E-state index in [2.05, 4.69) is 15.3 Å². The van der Waals surface area contributed by atoms with Gasteiger partial charge in [0, 0.05) is 5.39 Å². The maximum absolute atomic E-state index is 12.9. The second-order valence-electron chi connectivity index (χ2n) is 5.26. The quantitative estimate of drug-likeness (QED) is 0.878. The number of hydrogen-bond acceptors (Lipinski definition) is 4. The monoisotopic (exact) mass is 327 g/mol. The lowest BCUT2D eigenvalue weighted by Gasteiger charge is -2.22. The average molecular weight is 327 g/mol. The molecule has 2 rings (SSSR count). The predicted octanol–water partition coefficient (Wildman–Crippen LogP) is 3.56.